The van der Waals surface area contributed by atoms with E-state index >= 15 is 0 Å². The first-order chi connectivity index (χ1) is 8.10. The van der Waals surface area contributed by atoms with Gasteiger partial charge >= 0.3 is 0 Å². The zero-order chi connectivity index (χ0) is 12.4. The van der Waals surface area contributed by atoms with Crippen LogP contribution < -0.4 is 0 Å². The molecule has 0 radical (unpaired) electrons. The number of thiophene rings is 1. The number of halogens is 3. The van der Waals surface area contributed by atoms with Crippen LogP contribution in [0.4, 0.5) is 0 Å². The SMILES string of the molecule is COCc1cc(Cl)nc(-c2cc(Br)c(Br)s2)n1. The van der Waals surface area contributed by atoms with Gasteiger partial charge in [-0.3, -0.25) is 0 Å². The number of nitrogens with zero attached hydrogens (tertiary/aromatic N) is 2. The Labute approximate surface area is 124 Å². The van der Waals surface area contributed by atoms with Crippen LogP contribution in [0.5, 0.6) is 0 Å². The molecule has 0 unspecified atom stereocenters. The van der Waals surface area contributed by atoms with Crippen molar-refractivity contribution in [1.82, 2.24) is 9.97 Å². The summed E-state index contributed by atoms with van der Waals surface area (Å²) in [4.78, 5) is 9.55. The van der Waals surface area contributed by atoms with E-state index in [4.69, 9.17) is 16.3 Å². The van der Waals surface area contributed by atoms with Crippen molar-refractivity contribution in [1.29, 1.82) is 0 Å². The lowest BCUT2D eigenvalue weighted by molar-refractivity contribution is 0.181. The monoisotopic (exact) mass is 396 g/mol. The highest BCUT2D eigenvalue weighted by atomic mass is 79.9. The van der Waals surface area contributed by atoms with Gasteiger partial charge in [-0.2, -0.15) is 0 Å². The van der Waals surface area contributed by atoms with Crippen LogP contribution in [0.3, 0.4) is 0 Å². The highest BCUT2D eigenvalue weighted by molar-refractivity contribution is 9.13. The molecular weight excluding hydrogens is 391 g/mol. The first-order valence-corrected chi connectivity index (χ1v) is 7.36. The molecule has 0 saturated heterocycles. The molecule has 2 heterocycles. The molecule has 3 nitrogen and oxygen atoms in total. The highest BCUT2D eigenvalue weighted by Crippen LogP contribution is 2.37. The Morgan fingerprint density at radius 1 is 1.35 bits per heavy atom. The maximum absolute atomic E-state index is 5.96. The molecule has 7 heteroatoms. The minimum absolute atomic E-state index is 0.419. The molecule has 2 aromatic heterocycles. The van der Waals surface area contributed by atoms with E-state index in [1.54, 1.807) is 24.5 Å². The number of aromatic nitrogens is 2. The lowest BCUT2D eigenvalue weighted by Gasteiger charge is -2.02. The quantitative estimate of drug-likeness (QED) is 0.713. The van der Waals surface area contributed by atoms with Crippen molar-refractivity contribution in [2.45, 2.75) is 6.61 Å². The summed E-state index contributed by atoms with van der Waals surface area (Å²) in [5.74, 6) is 0.612. The van der Waals surface area contributed by atoms with Crippen LogP contribution in [-0.2, 0) is 11.3 Å². The average Bonchev–Trinajstić information content (AvgIpc) is 2.59. The fourth-order valence-electron chi connectivity index (χ4n) is 1.25. The summed E-state index contributed by atoms with van der Waals surface area (Å²) in [5.41, 5.74) is 0.767. The maximum atomic E-state index is 5.96. The van der Waals surface area contributed by atoms with Crippen LogP contribution in [0.25, 0.3) is 10.7 Å². The fourth-order valence-corrected chi connectivity index (χ4v) is 3.43. The Balaban J connectivity index is 2.44. The van der Waals surface area contributed by atoms with Gasteiger partial charge in [0.1, 0.15) is 5.15 Å². The second-order valence-corrected chi connectivity index (χ2v) is 6.78. The molecule has 0 aromatic carbocycles. The first kappa shape index (κ1) is 13.4. The lowest BCUT2D eigenvalue weighted by atomic mass is 10.4. The maximum Gasteiger partial charge on any atom is 0.171 e. The molecule has 2 rings (SSSR count). The van der Waals surface area contributed by atoms with Crippen molar-refractivity contribution in [3.05, 3.63) is 31.2 Å². The minimum Gasteiger partial charge on any atom is -0.378 e. The summed E-state index contributed by atoms with van der Waals surface area (Å²) < 4.78 is 7.02. The summed E-state index contributed by atoms with van der Waals surface area (Å²) in [6, 6.07) is 3.66. The zero-order valence-corrected chi connectivity index (χ0v) is 13.5. The smallest absolute Gasteiger partial charge is 0.171 e. The Kier molecular flexibility index (Phi) is 4.54. The van der Waals surface area contributed by atoms with E-state index in [-0.39, 0.29) is 0 Å². The second-order valence-electron chi connectivity index (χ2n) is 3.17. The van der Waals surface area contributed by atoms with Crippen molar-refractivity contribution in [2.24, 2.45) is 0 Å². The normalized spacial score (nSPS) is 10.8. The molecule has 0 N–H and O–H groups in total. The molecular formula is C10H7Br2ClN2OS. The zero-order valence-electron chi connectivity index (χ0n) is 8.71. The Morgan fingerprint density at radius 2 is 2.12 bits per heavy atom. The van der Waals surface area contributed by atoms with Gasteiger partial charge in [-0.05, 0) is 44.0 Å². The van der Waals surface area contributed by atoms with Crippen LogP contribution in [0.2, 0.25) is 5.15 Å². The Bertz CT molecular complexity index is 528. The molecule has 0 aliphatic heterocycles. The van der Waals surface area contributed by atoms with Crippen LogP contribution in [-0.4, -0.2) is 17.1 Å². The van der Waals surface area contributed by atoms with Crippen molar-refractivity contribution >= 4 is 54.8 Å². The predicted molar refractivity (Wildman–Crippen MR) is 76.5 cm³/mol. The van der Waals surface area contributed by atoms with E-state index in [2.05, 4.69) is 41.8 Å². The van der Waals surface area contributed by atoms with Crippen molar-refractivity contribution in [3.8, 4) is 10.7 Å². The van der Waals surface area contributed by atoms with Gasteiger partial charge in [0, 0.05) is 11.6 Å². The molecule has 17 heavy (non-hydrogen) atoms. The number of hydrogen-bond acceptors (Lipinski definition) is 4. The van der Waals surface area contributed by atoms with Crippen LogP contribution in [0.15, 0.2) is 20.4 Å². The second kappa shape index (κ2) is 5.75. The Morgan fingerprint density at radius 3 is 2.71 bits per heavy atom. The number of ether oxygens (including phenoxy) is 1. The molecule has 0 amide bonds. The molecule has 0 saturated carbocycles. The average molecular weight is 399 g/mol. The highest BCUT2D eigenvalue weighted by Gasteiger charge is 2.11. The van der Waals surface area contributed by atoms with E-state index in [9.17, 15) is 0 Å². The predicted octanol–water partition coefficient (Wildman–Crippen LogP) is 4.53. The summed E-state index contributed by atoms with van der Waals surface area (Å²) in [5, 5.41) is 0.419. The largest absolute Gasteiger partial charge is 0.378 e. The van der Waals surface area contributed by atoms with E-state index in [1.165, 1.54) is 0 Å². The summed E-state index contributed by atoms with van der Waals surface area (Å²) >= 11 is 14.4. The van der Waals surface area contributed by atoms with E-state index < -0.39 is 0 Å². The van der Waals surface area contributed by atoms with E-state index in [0.29, 0.717) is 17.6 Å². The Hall–Kier alpha value is -0.0100. The summed E-state index contributed by atoms with van der Waals surface area (Å²) in [7, 11) is 1.62. The third-order valence-corrected chi connectivity index (χ3v) is 5.35. The molecule has 0 bridgehead atoms. The standard InChI is InChI=1S/C10H7Br2ClN2OS/c1-16-4-5-2-8(13)15-10(14-5)7-3-6(11)9(12)17-7/h2-3H,4H2,1H3. The molecule has 90 valence electrons. The van der Waals surface area contributed by atoms with Crippen molar-refractivity contribution < 1.29 is 4.74 Å². The van der Waals surface area contributed by atoms with Gasteiger partial charge in [0.25, 0.3) is 0 Å². The molecule has 0 aliphatic carbocycles. The van der Waals surface area contributed by atoms with Crippen molar-refractivity contribution in [3.63, 3.8) is 0 Å². The molecule has 0 spiro atoms. The van der Waals surface area contributed by atoms with Gasteiger partial charge < -0.3 is 4.74 Å². The van der Waals surface area contributed by atoms with Gasteiger partial charge in [-0.25, -0.2) is 9.97 Å². The van der Waals surface area contributed by atoms with E-state index in [0.717, 1.165) is 18.8 Å². The third kappa shape index (κ3) is 3.26. The number of methoxy groups -OCH3 is 1. The number of hydrogen-bond donors (Lipinski definition) is 0. The van der Waals surface area contributed by atoms with E-state index in [1.807, 2.05) is 6.07 Å². The van der Waals surface area contributed by atoms with Gasteiger partial charge in [0.05, 0.1) is 21.0 Å². The molecule has 0 aliphatic rings. The minimum atomic E-state index is 0.419. The van der Waals surface area contributed by atoms with Gasteiger partial charge in [0.2, 0.25) is 0 Å². The van der Waals surface area contributed by atoms with Crippen LogP contribution in [0, 0.1) is 0 Å². The molecule has 2 aromatic rings. The molecule has 0 atom stereocenters. The van der Waals surface area contributed by atoms with Crippen LogP contribution in [0.1, 0.15) is 5.69 Å². The fraction of sp³-hybridized carbons (Fsp3) is 0.200. The first-order valence-electron chi connectivity index (χ1n) is 4.57. The van der Waals surface area contributed by atoms with Gasteiger partial charge in [0.15, 0.2) is 5.82 Å². The summed E-state index contributed by atoms with van der Waals surface area (Å²) in [6.45, 7) is 0.420. The topological polar surface area (TPSA) is 35.0 Å². The van der Waals surface area contributed by atoms with Crippen molar-refractivity contribution in [2.75, 3.05) is 7.11 Å². The van der Waals surface area contributed by atoms with Gasteiger partial charge in [-0.1, -0.05) is 11.6 Å². The third-order valence-electron chi connectivity index (χ3n) is 1.91. The number of rotatable bonds is 3. The molecule has 0 fully saturated rings. The van der Waals surface area contributed by atoms with Crippen LogP contribution >= 0.6 is 54.8 Å². The van der Waals surface area contributed by atoms with Gasteiger partial charge in [-0.15, -0.1) is 11.3 Å². The lowest BCUT2D eigenvalue weighted by Crippen LogP contribution is -1.96. The summed E-state index contributed by atoms with van der Waals surface area (Å²) in [6.07, 6.45) is 0.